The molecule has 0 aliphatic heterocycles. The summed E-state index contributed by atoms with van der Waals surface area (Å²) < 4.78 is 0. The molecule has 1 aliphatic carbocycles. The van der Waals surface area contributed by atoms with Gasteiger partial charge in [-0.1, -0.05) is 25.3 Å². The Morgan fingerprint density at radius 3 is 2.65 bits per heavy atom. The maximum absolute atomic E-state index is 9.91. The number of hydrogen-bond acceptors (Lipinski definition) is 3. The summed E-state index contributed by atoms with van der Waals surface area (Å²) in [4.78, 5) is 2.21. The van der Waals surface area contributed by atoms with Crippen LogP contribution in [0.2, 0.25) is 0 Å². The molecule has 0 unspecified atom stereocenters. The minimum Gasteiger partial charge on any atom is -0.389 e. The highest BCUT2D eigenvalue weighted by Crippen LogP contribution is 2.30. The Morgan fingerprint density at radius 2 is 2.05 bits per heavy atom. The lowest BCUT2D eigenvalue weighted by Crippen LogP contribution is -2.27. The van der Waals surface area contributed by atoms with E-state index < -0.39 is 6.10 Å². The average Bonchev–Trinajstić information content (AvgIpc) is 2.47. The van der Waals surface area contributed by atoms with Crippen molar-refractivity contribution < 1.29 is 5.11 Å². The predicted molar refractivity (Wildman–Crippen MR) is 81.6 cm³/mol. The predicted octanol–water partition coefficient (Wildman–Crippen LogP) is 3.63. The Bertz CT molecular complexity index is 484. The van der Waals surface area contributed by atoms with Crippen LogP contribution in [0.4, 0.5) is 5.69 Å². The molecule has 0 amide bonds. The SMILES string of the molecule is C[C@@H](O)c1ccc(C#N)cc1N(C)CC1CCCCC1. The van der Waals surface area contributed by atoms with Crippen LogP contribution in [-0.4, -0.2) is 18.7 Å². The molecule has 0 aromatic heterocycles. The molecule has 3 nitrogen and oxygen atoms in total. The minimum atomic E-state index is -0.508. The number of anilines is 1. The van der Waals surface area contributed by atoms with Crippen molar-refractivity contribution in [3.63, 3.8) is 0 Å². The zero-order valence-corrected chi connectivity index (χ0v) is 12.5. The highest BCUT2D eigenvalue weighted by molar-refractivity contribution is 5.58. The van der Waals surface area contributed by atoms with Crippen molar-refractivity contribution in [2.45, 2.75) is 45.1 Å². The molecule has 0 bridgehead atoms. The van der Waals surface area contributed by atoms with Gasteiger partial charge in [0.25, 0.3) is 0 Å². The van der Waals surface area contributed by atoms with Crippen LogP contribution in [0.15, 0.2) is 18.2 Å². The summed E-state index contributed by atoms with van der Waals surface area (Å²) in [6.07, 6.45) is 6.12. The molecule has 3 heteroatoms. The maximum atomic E-state index is 9.91. The first-order chi connectivity index (χ1) is 9.61. The van der Waals surface area contributed by atoms with Crippen molar-refractivity contribution in [2.24, 2.45) is 5.92 Å². The Labute approximate surface area is 121 Å². The van der Waals surface area contributed by atoms with Gasteiger partial charge in [-0.15, -0.1) is 0 Å². The first-order valence-corrected chi connectivity index (χ1v) is 7.55. The second-order valence-corrected chi connectivity index (χ2v) is 5.95. The van der Waals surface area contributed by atoms with Gasteiger partial charge < -0.3 is 10.0 Å². The second kappa shape index (κ2) is 6.76. The van der Waals surface area contributed by atoms with Gasteiger partial charge in [0.05, 0.1) is 17.7 Å². The third-order valence-corrected chi connectivity index (χ3v) is 4.28. The molecule has 1 atom stereocenters. The van der Waals surface area contributed by atoms with E-state index in [2.05, 4.69) is 18.0 Å². The molecule has 1 aromatic rings. The van der Waals surface area contributed by atoms with Crippen molar-refractivity contribution in [3.8, 4) is 6.07 Å². The van der Waals surface area contributed by atoms with E-state index in [1.54, 1.807) is 13.0 Å². The van der Waals surface area contributed by atoms with Crippen molar-refractivity contribution in [1.29, 1.82) is 5.26 Å². The molecule has 1 aromatic carbocycles. The number of rotatable bonds is 4. The molecular formula is C17H24N2O. The molecule has 1 saturated carbocycles. The molecule has 108 valence electrons. The fourth-order valence-corrected chi connectivity index (χ4v) is 3.15. The van der Waals surface area contributed by atoms with Gasteiger partial charge in [0, 0.05) is 24.8 Å². The Hall–Kier alpha value is -1.53. The van der Waals surface area contributed by atoms with E-state index in [-0.39, 0.29) is 0 Å². The van der Waals surface area contributed by atoms with Gasteiger partial charge in [0.15, 0.2) is 0 Å². The lowest BCUT2D eigenvalue weighted by Gasteiger charge is -2.30. The van der Waals surface area contributed by atoms with Crippen molar-refractivity contribution >= 4 is 5.69 Å². The van der Waals surface area contributed by atoms with E-state index in [1.165, 1.54) is 32.1 Å². The van der Waals surface area contributed by atoms with E-state index in [1.807, 2.05) is 12.1 Å². The van der Waals surface area contributed by atoms with Crippen LogP contribution in [0.3, 0.4) is 0 Å². The molecular weight excluding hydrogens is 248 g/mol. The summed E-state index contributed by atoms with van der Waals surface area (Å²) in [6.45, 7) is 2.79. The fraction of sp³-hybridized carbons (Fsp3) is 0.588. The highest BCUT2D eigenvalue weighted by atomic mass is 16.3. The van der Waals surface area contributed by atoms with Crippen LogP contribution in [0.1, 0.15) is 56.3 Å². The second-order valence-electron chi connectivity index (χ2n) is 5.95. The summed E-state index contributed by atoms with van der Waals surface area (Å²) in [6, 6.07) is 7.73. The first kappa shape index (κ1) is 14.9. The summed E-state index contributed by atoms with van der Waals surface area (Å²) >= 11 is 0. The van der Waals surface area contributed by atoms with Gasteiger partial charge in [-0.05, 0) is 37.8 Å². The van der Waals surface area contributed by atoms with Crippen LogP contribution >= 0.6 is 0 Å². The largest absolute Gasteiger partial charge is 0.389 e. The highest BCUT2D eigenvalue weighted by Gasteiger charge is 2.18. The zero-order valence-electron chi connectivity index (χ0n) is 12.5. The molecule has 20 heavy (non-hydrogen) atoms. The lowest BCUT2D eigenvalue weighted by molar-refractivity contribution is 0.199. The summed E-state index contributed by atoms with van der Waals surface area (Å²) in [5.74, 6) is 0.737. The number of aliphatic hydroxyl groups is 1. The molecule has 1 fully saturated rings. The fourth-order valence-electron chi connectivity index (χ4n) is 3.15. The monoisotopic (exact) mass is 272 g/mol. The number of aliphatic hydroxyl groups excluding tert-OH is 1. The van der Waals surface area contributed by atoms with E-state index in [0.29, 0.717) is 5.56 Å². The Morgan fingerprint density at radius 1 is 1.35 bits per heavy atom. The Kier molecular flexibility index (Phi) is 5.03. The minimum absolute atomic E-state index is 0.508. The zero-order chi connectivity index (χ0) is 14.5. The maximum Gasteiger partial charge on any atom is 0.0992 e. The molecule has 0 spiro atoms. The van der Waals surface area contributed by atoms with Gasteiger partial charge in [0.1, 0.15) is 0 Å². The van der Waals surface area contributed by atoms with Crippen LogP contribution in [0.25, 0.3) is 0 Å². The van der Waals surface area contributed by atoms with Crippen LogP contribution in [0, 0.1) is 17.2 Å². The lowest BCUT2D eigenvalue weighted by atomic mass is 9.88. The summed E-state index contributed by atoms with van der Waals surface area (Å²) in [5, 5.41) is 19.0. The third kappa shape index (κ3) is 3.52. The quantitative estimate of drug-likeness (QED) is 0.910. The van der Waals surface area contributed by atoms with Gasteiger partial charge in [-0.25, -0.2) is 0 Å². The van der Waals surface area contributed by atoms with Crippen molar-refractivity contribution in [2.75, 3.05) is 18.5 Å². The van der Waals surface area contributed by atoms with E-state index in [0.717, 1.165) is 23.7 Å². The number of nitrogens with zero attached hydrogens (tertiary/aromatic N) is 2. The van der Waals surface area contributed by atoms with Gasteiger partial charge in [0.2, 0.25) is 0 Å². The molecule has 1 N–H and O–H groups in total. The molecule has 0 heterocycles. The van der Waals surface area contributed by atoms with Gasteiger partial charge >= 0.3 is 0 Å². The van der Waals surface area contributed by atoms with Crippen molar-refractivity contribution in [3.05, 3.63) is 29.3 Å². The average molecular weight is 272 g/mol. The van der Waals surface area contributed by atoms with Crippen LogP contribution < -0.4 is 4.90 Å². The number of nitriles is 1. The number of benzene rings is 1. The van der Waals surface area contributed by atoms with E-state index in [9.17, 15) is 5.11 Å². The molecule has 2 rings (SSSR count). The van der Waals surface area contributed by atoms with Crippen molar-refractivity contribution in [1.82, 2.24) is 0 Å². The topological polar surface area (TPSA) is 47.3 Å². The van der Waals surface area contributed by atoms with Gasteiger partial charge in [-0.3, -0.25) is 0 Å². The van der Waals surface area contributed by atoms with E-state index >= 15 is 0 Å². The molecule has 0 radical (unpaired) electrons. The van der Waals surface area contributed by atoms with Gasteiger partial charge in [-0.2, -0.15) is 5.26 Å². The van der Waals surface area contributed by atoms with Crippen LogP contribution in [0.5, 0.6) is 0 Å². The van der Waals surface area contributed by atoms with Crippen LogP contribution in [-0.2, 0) is 0 Å². The smallest absolute Gasteiger partial charge is 0.0992 e. The Balaban J connectivity index is 2.18. The standard InChI is InChI=1S/C17H24N2O/c1-13(20)16-9-8-15(11-18)10-17(16)19(2)12-14-6-4-3-5-7-14/h8-10,13-14,20H,3-7,12H2,1-2H3/t13-/m1/s1. The third-order valence-electron chi connectivity index (χ3n) is 4.28. The first-order valence-electron chi connectivity index (χ1n) is 7.55. The summed E-state index contributed by atoms with van der Waals surface area (Å²) in [7, 11) is 2.07. The number of hydrogen-bond donors (Lipinski definition) is 1. The molecule has 0 saturated heterocycles. The van der Waals surface area contributed by atoms with E-state index in [4.69, 9.17) is 5.26 Å². The normalized spacial score (nSPS) is 17.5. The summed E-state index contributed by atoms with van der Waals surface area (Å²) in [5.41, 5.74) is 2.55. The molecule has 1 aliphatic rings.